The molecular formula is C17H17BrCl2N4O. The van der Waals surface area contributed by atoms with Crippen LogP contribution in [0.15, 0.2) is 35.1 Å². The molecule has 1 amide bonds. The van der Waals surface area contributed by atoms with E-state index >= 15 is 0 Å². The van der Waals surface area contributed by atoms with Gasteiger partial charge in [-0.05, 0) is 47.3 Å². The molecule has 1 aromatic carbocycles. The second kappa shape index (κ2) is 8.34. The number of likely N-dealkylation sites (tertiary alicyclic amines) is 1. The molecule has 5 nitrogen and oxygen atoms in total. The number of carbonyl (C=O) groups excluding carboxylic acids is 1. The van der Waals surface area contributed by atoms with Gasteiger partial charge < -0.3 is 10.2 Å². The average molecular weight is 444 g/mol. The maximum Gasteiger partial charge on any atom is 0.255 e. The fraction of sp³-hybridized carbons (Fsp3) is 0.353. The number of halogens is 3. The summed E-state index contributed by atoms with van der Waals surface area (Å²) in [5.41, 5.74) is 0.445. The van der Waals surface area contributed by atoms with Crippen LogP contribution in [0.1, 0.15) is 29.6 Å². The first-order valence-corrected chi connectivity index (χ1v) is 9.57. The molecule has 1 unspecified atom stereocenters. The van der Waals surface area contributed by atoms with Crippen LogP contribution in [0.3, 0.4) is 0 Å². The molecule has 1 fully saturated rings. The number of amides is 1. The lowest BCUT2D eigenvalue weighted by atomic mass is 10.0. The summed E-state index contributed by atoms with van der Waals surface area (Å²) in [5, 5.41) is 3.91. The molecular weight excluding hydrogens is 427 g/mol. The van der Waals surface area contributed by atoms with Crippen molar-refractivity contribution < 1.29 is 4.79 Å². The quantitative estimate of drug-likeness (QED) is 0.746. The average Bonchev–Trinajstić information content (AvgIpc) is 2.63. The zero-order chi connectivity index (χ0) is 17.8. The number of aromatic nitrogens is 2. The zero-order valence-electron chi connectivity index (χ0n) is 13.4. The first-order chi connectivity index (χ1) is 12.1. The van der Waals surface area contributed by atoms with Crippen molar-refractivity contribution in [3.8, 4) is 0 Å². The molecule has 0 spiro atoms. The van der Waals surface area contributed by atoms with Gasteiger partial charge in [0.2, 0.25) is 5.95 Å². The van der Waals surface area contributed by atoms with E-state index in [0.29, 0.717) is 34.6 Å². The highest BCUT2D eigenvalue weighted by atomic mass is 79.9. The number of anilines is 1. The van der Waals surface area contributed by atoms with Crippen LogP contribution in [-0.2, 0) is 0 Å². The third-order valence-corrected chi connectivity index (χ3v) is 5.41. The van der Waals surface area contributed by atoms with Gasteiger partial charge in [-0.1, -0.05) is 29.3 Å². The van der Waals surface area contributed by atoms with Crippen molar-refractivity contribution in [2.24, 2.45) is 0 Å². The number of carbonyl (C=O) groups is 1. The molecule has 0 bridgehead atoms. The van der Waals surface area contributed by atoms with E-state index < -0.39 is 0 Å². The molecule has 1 saturated heterocycles. The van der Waals surface area contributed by atoms with Crippen molar-refractivity contribution in [1.29, 1.82) is 0 Å². The number of rotatable bonds is 4. The van der Waals surface area contributed by atoms with Crippen LogP contribution in [0.5, 0.6) is 0 Å². The van der Waals surface area contributed by atoms with E-state index in [0.717, 1.165) is 23.7 Å². The summed E-state index contributed by atoms with van der Waals surface area (Å²) in [7, 11) is 0. The van der Waals surface area contributed by atoms with Crippen molar-refractivity contribution in [1.82, 2.24) is 14.9 Å². The minimum Gasteiger partial charge on any atom is -0.352 e. The highest BCUT2D eigenvalue weighted by molar-refractivity contribution is 9.10. The molecule has 8 heteroatoms. The van der Waals surface area contributed by atoms with Crippen LogP contribution in [0, 0.1) is 0 Å². The molecule has 0 saturated carbocycles. The number of hydrogen-bond acceptors (Lipinski definition) is 4. The molecule has 1 atom stereocenters. The molecule has 25 heavy (non-hydrogen) atoms. The molecule has 1 N–H and O–H groups in total. The third-order valence-electron chi connectivity index (χ3n) is 4.19. The maximum absolute atomic E-state index is 13.0. The molecule has 0 aliphatic carbocycles. The van der Waals surface area contributed by atoms with Crippen LogP contribution < -0.4 is 5.32 Å². The Morgan fingerprint density at radius 1 is 1.28 bits per heavy atom. The van der Waals surface area contributed by atoms with Crippen molar-refractivity contribution in [3.63, 3.8) is 0 Å². The number of nitrogens with one attached hydrogen (secondary N) is 1. The smallest absolute Gasteiger partial charge is 0.255 e. The van der Waals surface area contributed by atoms with Crippen LogP contribution in [0.25, 0.3) is 0 Å². The zero-order valence-corrected chi connectivity index (χ0v) is 16.5. The Balaban J connectivity index is 1.73. The van der Waals surface area contributed by atoms with E-state index in [2.05, 4.69) is 31.2 Å². The maximum atomic E-state index is 13.0. The van der Waals surface area contributed by atoms with Gasteiger partial charge in [-0.2, -0.15) is 0 Å². The number of nitrogens with zero attached hydrogens (tertiary/aromatic N) is 3. The highest BCUT2D eigenvalue weighted by Crippen LogP contribution is 2.28. The molecule has 1 aliphatic rings. The molecule has 2 heterocycles. The fourth-order valence-electron chi connectivity index (χ4n) is 2.92. The molecule has 1 aromatic heterocycles. The molecule has 3 rings (SSSR count). The van der Waals surface area contributed by atoms with Gasteiger partial charge in [0.1, 0.15) is 0 Å². The number of hydrogen-bond donors (Lipinski definition) is 1. The topological polar surface area (TPSA) is 58.1 Å². The lowest BCUT2D eigenvalue weighted by Gasteiger charge is -2.36. The van der Waals surface area contributed by atoms with Gasteiger partial charge in [0.05, 0.1) is 20.1 Å². The van der Waals surface area contributed by atoms with Gasteiger partial charge in [0, 0.05) is 31.5 Å². The summed E-state index contributed by atoms with van der Waals surface area (Å²) in [6, 6.07) is 5.20. The van der Waals surface area contributed by atoms with E-state index in [4.69, 9.17) is 23.2 Å². The van der Waals surface area contributed by atoms with Crippen molar-refractivity contribution in [2.45, 2.75) is 25.3 Å². The summed E-state index contributed by atoms with van der Waals surface area (Å²) in [5.74, 6) is 0.456. The molecule has 132 valence electrons. The Bertz CT molecular complexity index is 757. The summed E-state index contributed by atoms with van der Waals surface area (Å²) in [4.78, 5) is 23.2. The van der Waals surface area contributed by atoms with Crippen molar-refractivity contribution >= 4 is 51.0 Å². The first kappa shape index (κ1) is 18.4. The van der Waals surface area contributed by atoms with Crippen LogP contribution in [0.2, 0.25) is 10.0 Å². The lowest BCUT2D eigenvalue weighted by molar-refractivity contribution is 0.0628. The SMILES string of the molecule is O=C(c1cccc(Cl)c1Cl)N1CCCCC1CNc1ncc(Br)cn1. The summed E-state index contributed by atoms with van der Waals surface area (Å²) >= 11 is 15.6. The highest BCUT2D eigenvalue weighted by Gasteiger charge is 2.29. The first-order valence-electron chi connectivity index (χ1n) is 8.02. The third kappa shape index (κ3) is 4.43. The summed E-state index contributed by atoms with van der Waals surface area (Å²) in [6.45, 7) is 1.29. The Kier molecular flexibility index (Phi) is 6.15. The summed E-state index contributed by atoms with van der Waals surface area (Å²) < 4.78 is 0.822. The molecule has 0 radical (unpaired) electrons. The Morgan fingerprint density at radius 3 is 2.80 bits per heavy atom. The van der Waals surface area contributed by atoms with Crippen molar-refractivity contribution in [2.75, 3.05) is 18.4 Å². The number of piperidine rings is 1. The van der Waals surface area contributed by atoms with Gasteiger partial charge >= 0.3 is 0 Å². The van der Waals surface area contributed by atoms with Gasteiger partial charge in [0.15, 0.2) is 0 Å². The second-order valence-electron chi connectivity index (χ2n) is 5.86. The van der Waals surface area contributed by atoms with E-state index in [9.17, 15) is 4.79 Å². The van der Waals surface area contributed by atoms with E-state index in [1.54, 1.807) is 30.6 Å². The minimum absolute atomic E-state index is 0.0588. The van der Waals surface area contributed by atoms with E-state index in [-0.39, 0.29) is 11.9 Å². The Morgan fingerprint density at radius 2 is 2.04 bits per heavy atom. The van der Waals surface area contributed by atoms with Crippen LogP contribution >= 0.6 is 39.1 Å². The van der Waals surface area contributed by atoms with Crippen molar-refractivity contribution in [3.05, 3.63) is 50.7 Å². The Hall–Kier alpha value is -1.37. The van der Waals surface area contributed by atoms with Gasteiger partial charge in [-0.15, -0.1) is 0 Å². The van der Waals surface area contributed by atoms with Gasteiger partial charge in [-0.3, -0.25) is 4.79 Å². The fourth-order valence-corrected chi connectivity index (χ4v) is 3.50. The van der Waals surface area contributed by atoms with Crippen LogP contribution in [0.4, 0.5) is 5.95 Å². The minimum atomic E-state index is -0.0873. The Labute approximate surface area is 164 Å². The summed E-state index contributed by atoms with van der Waals surface area (Å²) in [6.07, 6.45) is 6.36. The normalized spacial score (nSPS) is 17.4. The van der Waals surface area contributed by atoms with Crippen LogP contribution in [-0.4, -0.2) is 39.9 Å². The predicted molar refractivity (Wildman–Crippen MR) is 103 cm³/mol. The largest absolute Gasteiger partial charge is 0.352 e. The predicted octanol–water partition coefficient (Wildman–Crippen LogP) is 4.65. The number of benzene rings is 1. The van der Waals surface area contributed by atoms with Gasteiger partial charge in [-0.25, -0.2) is 9.97 Å². The van der Waals surface area contributed by atoms with Gasteiger partial charge in [0.25, 0.3) is 5.91 Å². The second-order valence-corrected chi connectivity index (χ2v) is 7.56. The molecule has 2 aromatic rings. The molecule has 1 aliphatic heterocycles. The van der Waals surface area contributed by atoms with E-state index in [1.165, 1.54) is 0 Å². The standard InChI is InChI=1S/C17H17BrCl2N4O/c18-11-8-21-17(22-9-11)23-10-12-4-1-2-7-24(12)16(25)13-5-3-6-14(19)15(13)20/h3,5-6,8-9,12H,1-2,4,7,10H2,(H,21,22,23). The van der Waals surface area contributed by atoms with E-state index in [1.807, 2.05) is 4.90 Å². The lowest BCUT2D eigenvalue weighted by Crippen LogP contribution is -2.47. The monoisotopic (exact) mass is 442 g/mol.